The zero-order valence-corrected chi connectivity index (χ0v) is 12.3. The maximum atomic E-state index is 11.6. The number of hydrogen-bond donors (Lipinski definition) is 1. The summed E-state index contributed by atoms with van der Waals surface area (Å²) in [7, 11) is 3.82. The molecule has 0 bridgehead atoms. The van der Waals surface area contributed by atoms with Gasteiger partial charge in [0.25, 0.3) is 11.1 Å². The average Bonchev–Trinajstić information content (AvgIpc) is 2.76. The Bertz CT molecular complexity index is 786. The van der Waals surface area contributed by atoms with E-state index in [-0.39, 0.29) is 11.1 Å². The summed E-state index contributed by atoms with van der Waals surface area (Å²) in [5.41, 5.74) is 1.66. The molecule has 1 aromatic heterocycles. The molecule has 0 unspecified atom stereocenters. The van der Waals surface area contributed by atoms with Gasteiger partial charge in [0.15, 0.2) is 0 Å². The lowest BCUT2D eigenvalue weighted by Crippen LogP contribution is -2.17. The van der Waals surface area contributed by atoms with Crippen LogP contribution in [0.4, 0.5) is 10.6 Å². The molecule has 106 valence electrons. The number of aromatic nitrogens is 2. The minimum absolute atomic E-state index is 0.343. The molecule has 1 aliphatic rings. The van der Waals surface area contributed by atoms with Crippen molar-refractivity contribution in [1.29, 1.82) is 0 Å². The highest BCUT2D eigenvalue weighted by molar-refractivity contribution is 8.18. The Kier molecular flexibility index (Phi) is 3.34. The maximum Gasteiger partial charge on any atom is 0.290 e. The summed E-state index contributed by atoms with van der Waals surface area (Å²) < 4.78 is 0. The molecule has 1 N–H and O–H groups in total. The topological polar surface area (TPSA) is 75.2 Å². The van der Waals surface area contributed by atoms with Crippen LogP contribution in [-0.4, -0.2) is 35.2 Å². The normalized spacial score (nSPS) is 16.6. The third-order valence-electron chi connectivity index (χ3n) is 3.00. The van der Waals surface area contributed by atoms with Gasteiger partial charge in [-0.1, -0.05) is 6.07 Å². The Balaban J connectivity index is 2.09. The highest BCUT2D eigenvalue weighted by Crippen LogP contribution is 2.28. The van der Waals surface area contributed by atoms with E-state index >= 15 is 0 Å². The lowest BCUT2D eigenvalue weighted by atomic mass is 10.1. The van der Waals surface area contributed by atoms with Gasteiger partial charge in [-0.25, -0.2) is 9.97 Å². The number of nitrogens with zero attached hydrogens (tertiary/aromatic N) is 3. The van der Waals surface area contributed by atoms with Gasteiger partial charge in [0.2, 0.25) is 0 Å². The molecule has 0 aliphatic carbocycles. The molecule has 6 nitrogen and oxygen atoms in total. The lowest BCUT2D eigenvalue weighted by molar-refractivity contribution is -0.115. The fraction of sp³-hybridized carbons (Fsp3) is 0.143. The van der Waals surface area contributed by atoms with Gasteiger partial charge in [-0.15, -0.1) is 0 Å². The Hall–Kier alpha value is -2.41. The number of fused-ring (bicyclic) bond motifs is 1. The number of carbonyl (C=O) groups excluding carboxylic acids is 2. The molecule has 1 fully saturated rings. The summed E-state index contributed by atoms with van der Waals surface area (Å²) >= 11 is 0.904. The number of rotatable bonds is 2. The summed E-state index contributed by atoms with van der Waals surface area (Å²) in [5, 5.41) is 2.79. The molecule has 2 amide bonds. The van der Waals surface area contributed by atoms with Crippen molar-refractivity contribution in [2.24, 2.45) is 0 Å². The number of anilines is 1. The second-order valence-electron chi connectivity index (χ2n) is 4.72. The molecule has 0 radical (unpaired) electrons. The second-order valence-corrected chi connectivity index (χ2v) is 5.74. The molecule has 3 rings (SSSR count). The van der Waals surface area contributed by atoms with Gasteiger partial charge in [-0.05, 0) is 35.5 Å². The lowest BCUT2D eigenvalue weighted by Gasteiger charge is -2.13. The van der Waals surface area contributed by atoms with Crippen LogP contribution in [-0.2, 0) is 4.79 Å². The molecule has 1 aromatic carbocycles. The van der Waals surface area contributed by atoms with Crippen molar-refractivity contribution in [2.45, 2.75) is 0 Å². The van der Waals surface area contributed by atoms with Crippen molar-refractivity contribution in [2.75, 3.05) is 19.0 Å². The van der Waals surface area contributed by atoms with Crippen molar-refractivity contribution in [3.05, 3.63) is 35.0 Å². The average molecular weight is 300 g/mol. The third kappa shape index (κ3) is 2.59. The smallest absolute Gasteiger partial charge is 0.290 e. The number of amides is 2. The summed E-state index contributed by atoms with van der Waals surface area (Å²) in [6.07, 6.45) is 3.21. The van der Waals surface area contributed by atoms with Gasteiger partial charge in [-0.3, -0.25) is 14.9 Å². The molecular formula is C14H12N4O2S. The van der Waals surface area contributed by atoms with Crippen LogP contribution in [0.25, 0.3) is 17.0 Å². The summed E-state index contributed by atoms with van der Waals surface area (Å²) in [5.74, 6) is 0.446. The molecule has 2 aromatic rings. The van der Waals surface area contributed by atoms with Crippen LogP contribution in [0, 0.1) is 0 Å². The standard InChI is InChI=1S/C14H12N4O2S/c1-18(2)12-9-5-8(3-4-10(9)15-7-16-12)6-11-13(19)17-14(20)21-11/h3-7H,1-2H3,(H,17,19,20)/b11-6+. The first-order chi connectivity index (χ1) is 10.0. The van der Waals surface area contributed by atoms with Crippen LogP contribution in [0.5, 0.6) is 0 Å². The highest BCUT2D eigenvalue weighted by atomic mass is 32.2. The number of hydrogen-bond acceptors (Lipinski definition) is 6. The van der Waals surface area contributed by atoms with Crippen LogP contribution in [0.1, 0.15) is 5.56 Å². The van der Waals surface area contributed by atoms with E-state index in [1.165, 1.54) is 6.33 Å². The Morgan fingerprint density at radius 2 is 2.05 bits per heavy atom. The van der Waals surface area contributed by atoms with Crippen LogP contribution >= 0.6 is 11.8 Å². The van der Waals surface area contributed by atoms with Crippen LogP contribution in [0.3, 0.4) is 0 Å². The molecule has 0 saturated carbocycles. The van der Waals surface area contributed by atoms with Crippen molar-refractivity contribution in [1.82, 2.24) is 15.3 Å². The Morgan fingerprint density at radius 3 is 2.71 bits per heavy atom. The molecule has 1 saturated heterocycles. The first-order valence-corrected chi connectivity index (χ1v) is 7.03. The predicted molar refractivity (Wildman–Crippen MR) is 83.0 cm³/mol. The number of imide groups is 1. The van der Waals surface area contributed by atoms with Gasteiger partial charge in [0.1, 0.15) is 12.1 Å². The zero-order valence-electron chi connectivity index (χ0n) is 11.5. The first-order valence-electron chi connectivity index (χ1n) is 6.21. The van der Waals surface area contributed by atoms with Gasteiger partial charge in [0.05, 0.1) is 10.4 Å². The molecule has 0 spiro atoms. The highest BCUT2D eigenvalue weighted by Gasteiger charge is 2.24. The van der Waals surface area contributed by atoms with Crippen molar-refractivity contribution < 1.29 is 9.59 Å². The maximum absolute atomic E-state index is 11.6. The van der Waals surface area contributed by atoms with E-state index in [4.69, 9.17) is 0 Å². The fourth-order valence-corrected chi connectivity index (χ4v) is 2.76. The van der Waals surface area contributed by atoms with E-state index in [0.29, 0.717) is 4.91 Å². The van der Waals surface area contributed by atoms with Crippen molar-refractivity contribution >= 4 is 45.7 Å². The van der Waals surface area contributed by atoms with E-state index in [9.17, 15) is 9.59 Å². The molecule has 7 heteroatoms. The van der Waals surface area contributed by atoms with E-state index < -0.39 is 0 Å². The minimum atomic E-state index is -0.359. The minimum Gasteiger partial charge on any atom is -0.362 e. The van der Waals surface area contributed by atoms with Gasteiger partial charge < -0.3 is 4.90 Å². The summed E-state index contributed by atoms with van der Waals surface area (Å²) in [4.78, 5) is 33.5. The van der Waals surface area contributed by atoms with Gasteiger partial charge in [0, 0.05) is 19.5 Å². The SMILES string of the molecule is CN(C)c1ncnc2ccc(/C=C3/SC(=O)NC3=O)cc12. The number of benzene rings is 1. The van der Waals surface area contributed by atoms with Crippen LogP contribution in [0.15, 0.2) is 29.4 Å². The Labute approximate surface area is 125 Å². The zero-order chi connectivity index (χ0) is 15.0. The monoisotopic (exact) mass is 300 g/mol. The van der Waals surface area contributed by atoms with Crippen molar-refractivity contribution in [3.8, 4) is 0 Å². The van der Waals surface area contributed by atoms with Crippen LogP contribution in [0.2, 0.25) is 0 Å². The predicted octanol–water partition coefficient (Wildman–Crippen LogP) is 2.02. The van der Waals surface area contributed by atoms with Crippen LogP contribution < -0.4 is 10.2 Å². The summed E-state index contributed by atoms with van der Waals surface area (Å²) in [6.45, 7) is 0. The molecule has 1 aliphatic heterocycles. The van der Waals surface area contributed by atoms with E-state index in [1.54, 1.807) is 6.08 Å². The molecule has 2 heterocycles. The first kappa shape index (κ1) is 13.6. The summed E-state index contributed by atoms with van der Waals surface area (Å²) in [6, 6.07) is 5.64. The van der Waals surface area contributed by atoms with Gasteiger partial charge >= 0.3 is 0 Å². The number of nitrogens with one attached hydrogen (secondary N) is 1. The molecular weight excluding hydrogens is 288 g/mol. The Morgan fingerprint density at radius 1 is 1.24 bits per heavy atom. The second kappa shape index (κ2) is 5.17. The van der Waals surface area contributed by atoms with E-state index in [2.05, 4.69) is 15.3 Å². The van der Waals surface area contributed by atoms with Crippen molar-refractivity contribution in [3.63, 3.8) is 0 Å². The number of thioether (sulfide) groups is 1. The number of carbonyl (C=O) groups is 2. The molecule has 21 heavy (non-hydrogen) atoms. The third-order valence-corrected chi connectivity index (χ3v) is 3.81. The van der Waals surface area contributed by atoms with E-state index in [0.717, 1.165) is 34.0 Å². The fourth-order valence-electron chi connectivity index (χ4n) is 2.08. The molecule has 0 atom stereocenters. The van der Waals surface area contributed by atoms with E-state index in [1.807, 2.05) is 37.2 Å². The quantitative estimate of drug-likeness (QED) is 0.855. The largest absolute Gasteiger partial charge is 0.362 e. The van der Waals surface area contributed by atoms with Gasteiger partial charge in [-0.2, -0.15) is 0 Å².